The molecule has 8 rings (SSSR count). The number of nitrogens with zero attached hydrogens (tertiary/aromatic N) is 1. The third-order valence-electron chi connectivity index (χ3n) is 8.10. The van der Waals surface area contributed by atoms with Gasteiger partial charge >= 0.3 is 0 Å². The van der Waals surface area contributed by atoms with Gasteiger partial charge in [0.25, 0.3) is 0 Å². The maximum atomic E-state index is 2.43. The molecule has 194 valence electrons. The van der Waals surface area contributed by atoms with Crippen LogP contribution in [0.3, 0.4) is 0 Å². The molecule has 8 aromatic rings. The first-order chi connectivity index (χ1) is 20.2. The first-order valence-corrected chi connectivity index (χ1v) is 14.8. The largest absolute Gasteiger partial charge is 0.310 e. The smallest absolute Gasteiger partial charge is 0.0546 e. The predicted octanol–water partition coefficient (Wildman–Crippen LogP) is 11.8. The fourth-order valence-electron chi connectivity index (χ4n) is 6.07. The van der Waals surface area contributed by atoms with Crippen molar-refractivity contribution in [3.8, 4) is 11.1 Å². The summed E-state index contributed by atoms with van der Waals surface area (Å²) < 4.78 is 2.62. The Morgan fingerprint density at radius 1 is 0.463 bits per heavy atom. The van der Waals surface area contributed by atoms with Gasteiger partial charge in [0.2, 0.25) is 0 Å². The van der Waals surface area contributed by atoms with Crippen molar-refractivity contribution in [1.29, 1.82) is 0 Å². The summed E-state index contributed by atoms with van der Waals surface area (Å²) >= 11 is 1.86. The number of benzene rings is 7. The number of hydrogen-bond donors (Lipinski definition) is 0. The van der Waals surface area contributed by atoms with Crippen LogP contribution in [0, 0.1) is 6.92 Å². The van der Waals surface area contributed by atoms with E-state index in [2.05, 4.69) is 157 Å². The zero-order valence-electron chi connectivity index (χ0n) is 22.7. The number of aryl methyl sites for hydroxylation is 1. The summed E-state index contributed by atoms with van der Waals surface area (Å²) in [6.45, 7) is 2.15. The van der Waals surface area contributed by atoms with E-state index in [-0.39, 0.29) is 0 Å². The van der Waals surface area contributed by atoms with Crippen molar-refractivity contribution in [1.82, 2.24) is 0 Å². The molecule has 0 aliphatic heterocycles. The highest BCUT2D eigenvalue weighted by Gasteiger charge is 2.20. The highest BCUT2D eigenvalue weighted by atomic mass is 32.1. The molecule has 0 unspecified atom stereocenters. The quantitative estimate of drug-likeness (QED) is 0.214. The van der Waals surface area contributed by atoms with Crippen LogP contribution in [0.5, 0.6) is 0 Å². The molecule has 0 aliphatic carbocycles. The zero-order valence-corrected chi connectivity index (χ0v) is 23.5. The molecule has 2 heteroatoms. The van der Waals surface area contributed by atoms with Crippen LogP contribution in [0.25, 0.3) is 52.8 Å². The molecule has 1 heterocycles. The molecule has 0 spiro atoms. The second kappa shape index (κ2) is 9.62. The van der Waals surface area contributed by atoms with Crippen LogP contribution in [0.4, 0.5) is 17.1 Å². The average Bonchev–Trinajstić information content (AvgIpc) is 3.40. The number of anilines is 3. The van der Waals surface area contributed by atoms with Gasteiger partial charge in [-0.1, -0.05) is 109 Å². The molecule has 0 saturated carbocycles. The first-order valence-electron chi connectivity index (χ1n) is 14.0. The van der Waals surface area contributed by atoms with E-state index < -0.39 is 0 Å². The monoisotopic (exact) mass is 541 g/mol. The minimum Gasteiger partial charge on any atom is -0.310 e. The van der Waals surface area contributed by atoms with Crippen molar-refractivity contribution >= 4 is 70.1 Å². The summed E-state index contributed by atoms with van der Waals surface area (Å²) in [5, 5.41) is 7.62. The molecular weight excluding hydrogens is 515 g/mol. The third kappa shape index (κ3) is 4.07. The molecule has 0 atom stereocenters. The third-order valence-corrected chi connectivity index (χ3v) is 9.23. The predicted molar refractivity (Wildman–Crippen MR) is 179 cm³/mol. The van der Waals surface area contributed by atoms with Crippen molar-refractivity contribution in [3.63, 3.8) is 0 Å². The Hall–Kier alpha value is -4.92. The Morgan fingerprint density at radius 3 is 1.98 bits per heavy atom. The lowest BCUT2D eigenvalue weighted by Crippen LogP contribution is -2.11. The van der Waals surface area contributed by atoms with Gasteiger partial charge in [0.1, 0.15) is 0 Å². The second-order valence-electron chi connectivity index (χ2n) is 10.7. The minimum absolute atomic E-state index is 1.15. The summed E-state index contributed by atoms with van der Waals surface area (Å²) in [5.41, 5.74) is 7.19. The Kier molecular flexibility index (Phi) is 5.61. The van der Waals surface area contributed by atoms with Crippen LogP contribution in [-0.4, -0.2) is 0 Å². The SMILES string of the molecule is Cc1ccc(N(c2ccc3c(c2)sc2ccccc23)c2ccc3ccccc3c2-c2ccc3ccccc3c2)cc1. The summed E-state index contributed by atoms with van der Waals surface area (Å²) in [6, 6.07) is 53.3. The molecule has 41 heavy (non-hydrogen) atoms. The molecule has 0 aliphatic rings. The van der Waals surface area contributed by atoms with Gasteiger partial charge in [0, 0.05) is 37.1 Å². The van der Waals surface area contributed by atoms with Crippen molar-refractivity contribution in [2.24, 2.45) is 0 Å². The summed E-state index contributed by atoms with van der Waals surface area (Å²) in [4.78, 5) is 2.43. The summed E-state index contributed by atoms with van der Waals surface area (Å²) in [5.74, 6) is 0. The van der Waals surface area contributed by atoms with Crippen molar-refractivity contribution in [2.45, 2.75) is 6.92 Å². The normalized spacial score (nSPS) is 11.5. The summed E-state index contributed by atoms with van der Waals surface area (Å²) in [7, 11) is 0. The fourth-order valence-corrected chi connectivity index (χ4v) is 7.21. The highest BCUT2D eigenvalue weighted by molar-refractivity contribution is 7.25. The molecule has 0 saturated heterocycles. The van der Waals surface area contributed by atoms with Crippen molar-refractivity contribution in [2.75, 3.05) is 4.90 Å². The Morgan fingerprint density at radius 2 is 1.12 bits per heavy atom. The van der Waals surface area contributed by atoms with E-state index in [0.717, 1.165) is 11.4 Å². The lowest BCUT2D eigenvalue weighted by atomic mass is 9.93. The molecule has 0 bridgehead atoms. The van der Waals surface area contributed by atoms with Crippen molar-refractivity contribution in [3.05, 3.63) is 151 Å². The van der Waals surface area contributed by atoms with Gasteiger partial charge in [-0.2, -0.15) is 0 Å². The Balaban J connectivity index is 1.43. The number of rotatable bonds is 4. The average molecular weight is 542 g/mol. The number of thiophene rings is 1. The van der Waals surface area contributed by atoms with E-state index in [1.807, 2.05) is 11.3 Å². The van der Waals surface area contributed by atoms with Gasteiger partial charge in [-0.25, -0.2) is 0 Å². The Labute approximate surface area is 243 Å². The molecule has 7 aromatic carbocycles. The van der Waals surface area contributed by atoms with Gasteiger partial charge in [-0.3, -0.25) is 0 Å². The van der Waals surface area contributed by atoms with Crippen LogP contribution in [0.1, 0.15) is 5.56 Å². The van der Waals surface area contributed by atoms with Gasteiger partial charge in [0.15, 0.2) is 0 Å². The van der Waals surface area contributed by atoms with E-state index in [0.29, 0.717) is 0 Å². The molecule has 0 amide bonds. The van der Waals surface area contributed by atoms with E-state index >= 15 is 0 Å². The number of fused-ring (bicyclic) bond motifs is 5. The molecule has 0 N–H and O–H groups in total. The van der Waals surface area contributed by atoms with Crippen LogP contribution < -0.4 is 4.90 Å². The summed E-state index contributed by atoms with van der Waals surface area (Å²) in [6.07, 6.45) is 0. The van der Waals surface area contributed by atoms with Crippen LogP contribution >= 0.6 is 11.3 Å². The zero-order chi connectivity index (χ0) is 27.3. The fraction of sp³-hybridized carbons (Fsp3) is 0.0256. The second-order valence-corrected chi connectivity index (χ2v) is 11.8. The van der Waals surface area contributed by atoms with Crippen LogP contribution in [0.2, 0.25) is 0 Å². The molecule has 1 nitrogen and oxygen atoms in total. The van der Waals surface area contributed by atoms with Gasteiger partial charge in [0.05, 0.1) is 5.69 Å². The maximum Gasteiger partial charge on any atom is 0.0546 e. The van der Waals surface area contributed by atoms with E-state index in [1.54, 1.807) is 0 Å². The van der Waals surface area contributed by atoms with Crippen LogP contribution in [0.15, 0.2) is 146 Å². The van der Waals surface area contributed by atoms with Gasteiger partial charge in [-0.15, -0.1) is 11.3 Å². The van der Waals surface area contributed by atoms with E-state index in [9.17, 15) is 0 Å². The topological polar surface area (TPSA) is 3.24 Å². The van der Waals surface area contributed by atoms with E-state index in [1.165, 1.54) is 64.1 Å². The van der Waals surface area contributed by atoms with Gasteiger partial charge < -0.3 is 4.90 Å². The van der Waals surface area contributed by atoms with Crippen molar-refractivity contribution < 1.29 is 0 Å². The Bertz CT molecular complexity index is 2220. The standard InChI is InChI=1S/C39H27NS/c1-26-14-19-31(20-15-26)40(32-21-22-35-34-12-6-7-13-37(34)41-38(35)25-32)36-23-18-28-9-4-5-11-33(28)39(36)30-17-16-27-8-2-3-10-29(27)24-30/h2-25H,1H3. The lowest BCUT2D eigenvalue weighted by Gasteiger charge is -2.29. The van der Waals surface area contributed by atoms with E-state index in [4.69, 9.17) is 0 Å². The molecule has 0 radical (unpaired) electrons. The maximum absolute atomic E-state index is 2.43. The first kappa shape index (κ1) is 23.9. The number of hydrogen-bond acceptors (Lipinski definition) is 2. The highest BCUT2D eigenvalue weighted by Crippen LogP contribution is 2.46. The molecule has 1 aromatic heterocycles. The van der Waals surface area contributed by atoms with Crippen LogP contribution in [-0.2, 0) is 0 Å². The lowest BCUT2D eigenvalue weighted by molar-refractivity contribution is 1.29. The molecular formula is C39H27NS. The minimum atomic E-state index is 1.15. The van der Waals surface area contributed by atoms with Gasteiger partial charge in [-0.05, 0) is 76.5 Å². The molecule has 0 fully saturated rings.